The first-order chi connectivity index (χ1) is 9.78. The van der Waals surface area contributed by atoms with Gasteiger partial charge in [0.25, 0.3) is 5.82 Å². The van der Waals surface area contributed by atoms with Gasteiger partial charge in [0.1, 0.15) is 0 Å². The Balaban J connectivity index is 1.72. The molecule has 2 aromatic rings. The molecule has 0 fully saturated rings. The van der Waals surface area contributed by atoms with Gasteiger partial charge in [-0.1, -0.05) is 18.2 Å². The van der Waals surface area contributed by atoms with Gasteiger partial charge in [-0.05, 0) is 23.7 Å². The second kappa shape index (κ2) is 5.32. The molecule has 1 atom stereocenters. The van der Waals surface area contributed by atoms with Gasteiger partial charge < -0.3 is 14.6 Å². The van der Waals surface area contributed by atoms with E-state index in [2.05, 4.69) is 21.5 Å². The average molecular weight is 273 g/mol. The zero-order chi connectivity index (χ0) is 13.9. The molecule has 1 aromatic heterocycles. The predicted molar refractivity (Wildman–Crippen MR) is 71.6 cm³/mol. The molecule has 2 heterocycles. The first-order valence-electron chi connectivity index (χ1n) is 6.60. The van der Waals surface area contributed by atoms with E-state index in [1.165, 1.54) is 5.56 Å². The molecule has 1 unspecified atom stereocenters. The summed E-state index contributed by atoms with van der Waals surface area (Å²) in [7, 11) is 0. The van der Waals surface area contributed by atoms with Crippen molar-refractivity contribution in [3.8, 4) is 0 Å². The van der Waals surface area contributed by atoms with Crippen LogP contribution < -0.4 is 5.32 Å². The number of carbonyl (C=O) groups excluding carboxylic acids is 1. The van der Waals surface area contributed by atoms with E-state index in [-0.39, 0.29) is 11.7 Å². The molecule has 1 aliphatic rings. The Bertz CT molecular complexity index is 624. The highest BCUT2D eigenvalue weighted by molar-refractivity contribution is 5.84. The van der Waals surface area contributed by atoms with Crippen molar-refractivity contribution in [3.63, 3.8) is 0 Å². The number of aromatic nitrogens is 2. The van der Waals surface area contributed by atoms with Crippen molar-refractivity contribution in [2.24, 2.45) is 0 Å². The lowest BCUT2D eigenvalue weighted by Crippen LogP contribution is -2.08. The van der Waals surface area contributed by atoms with Gasteiger partial charge >= 0.3 is 5.97 Å². The Kier molecular flexibility index (Phi) is 3.37. The summed E-state index contributed by atoms with van der Waals surface area (Å²) in [6, 6.07) is 8.15. The molecule has 1 aromatic carbocycles. The van der Waals surface area contributed by atoms with Gasteiger partial charge in [-0.3, -0.25) is 0 Å². The van der Waals surface area contributed by atoms with E-state index >= 15 is 0 Å². The first kappa shape index (κ1) is 12.7. The highest BCUT2D eigenvalue weighted by Gasteiger charge is 2.25. The van der Waals surface area contributed by atoms with Gasteiger partial charge in [-0.25, -0.2) is 4.79 Å². The van der Waals surface area contributed by atoms with Crippen LogP contribution in [0.5, 0.6) is 0 Å². The number of nitrogens with one attached hydrogen (secondary N) is 1. The standard InChI is InChI=1S/C14H15N3O3/c1-2-19-14(18)13-16-12(20-17-13)7-9-8-15-11-6-4-3-5-10(9)11/h3-6,9,15H,2,7-8H2,1H3. The molecule has 1 N–H and O–H groups in total. The van der Waals surface area contributed by atoms with Crippen LogP contribution in [0.3, 0.4) is 0 Å². The molecule has 0 radical (unpaired) electrons. The monoisotopic (exact) mass is 273 g/mol. The molecule has 0 saturated heterocycles. The number of ether oxygens (including phenoxy) is 1. The van der Waals surface area contributed by atoms with E-state index in [4.69, 9.17) is 9.26 Å². The number of benzene rings is 1. The lowest BCUT2D eigenvalue weighted by atomic mass is 9.98. The van der Waals surface area contributed by atoms with Crippen LogP contribution in [0.15, 0.2) is 28.8 Å². The van der Waals surface area contributed by atoms with E-state index in [0.29, 0.717) is 18.9 Å². The number of rotatable bonds is 4. The number of hydrogen-bond acceptors (Lipinski definition) is 6. The van der Waals surface area contributed by atoms with E-state index in [1.807, 2.05) is 18.2 Å². The zero-order valence-electron chi connectivity index (χ0n) is 11.1. The summed E-state index contributed by atoms with van der Waals surface area (Å²) >= 11 is 0. The molecule has 6 nitrogen and oxygen atoms in total. The van der Waals surface area contributed by atoms with Gasteiger partial charge in [-0.15, -0.1) is 0 Å². The van der Waals surface area contributed by atoms with E-state index < -0.39 is 5.97 Å². The summed E-state index contributed by atoms with van der Waals surface area (Å²) in [5.41, 5.74) is 2.38. The van der Waals surface area contributed by atoms with Gasteiger partial charge in [0.05, 0.1) is 6.61 Å². The molecule has 1 aliphatic heterocycles. The SMILES string of the molecule is CCOC(=O)c1noc(CC2CNc3ccccc32)n1. The normalized spacial score (nSPS) is 16.6. The number of nitrogens with zero attached hydrogens (tertiary/aromatic N) is 2. The van der Waals surface area contributed by atoms with Crippen LogP contribution >= 0.6 is 0 Å². The van der Waals surface area contributed by atoms with E-state index in [0.717, 1.165) is 12.2 Å². The number of esters is 1. The van der Waals surface area contributed by atoms with Crippen molar-refractivity contribution < 1.29 is 14.1 Å². The average Bonchev–Trinajstić information content (AvgIpc) is 3.08. The minimum atomic E-state index is -0.549. The molecule has 104 valence electrons. The quantitative estimate of drug-likeness (QED) is 0.858. The van der Waals surface area contributed by atoms with E-state index in [1.54, 1.807) is 6.92 Å². The van der Waals surface area contributed by atoms with Crippen molar-refractivity contribution in [2.45, 2.75) is 19.3 Å². The molecule has 3 rings (SSSR count). The number of para-hydroxylation sites is 1. The third-order valence-corrected chi connectivity index (χ3v) is 3.29. The Morgan fingerprint density at radius 1 is 1.50 bits per heavy atom. The first-order valence-corrected chi connectivity index (χ1v) is 6.60. The maximum atomic E-state index is 11.5. The molecule has 0 saturated carbocycles. The van der Waals surface area contributed by atoms with Crippen LogP contribution in [-0.2, 0) is 11.2 Å². The largest absolute Gasteiger partial charge is 0.460 e. The summed E-state index contributed by atoms with van der Waals surface area (Å²) in [5.74, 6) is 0.173. The van der Waals surface area contributed by atoms with Crippen LogP contribution in [0, 0.1) is 0 Å². The minimum Gasteiger partial charge on any atom is -0.460 e. The number of carbonyl (C=O) groups is 1. The van der Waals surface area contributed by atoms with Crippen molar-refractivity contribution in [2.75, 3.05) is 18.5 Å². The van der Waals surface area contributed by atoms with Gasteiger partial charge in [0, 0.05) is 24.6 Å². The number of fused-ring (bicyclic) bond motifs is 1. The van der Waals surface area contributed by atoms with Crippen molar-refractivity contribution in [3.05, 3.63) is 41.5 Å². The van der Waals surface area contributed by atoms with Crippen LogP contribution in [0.2, 0.25) is 0 Å². The topological polar surface area (TPSA) is 77.2 Å². The molecular weight excluding hydrogens is 258 g/mol. The molecular formula is C14H15N3O3. The number of anilines is 1. The fraction of sp³-hybridized carbons (Fsp3) is 0.357. The van der Waals surface area contributed by atoms with Gasteiger partial charge in [0.15, 0.2) is 0 Å². The molecule has 20 heavy (non-hydrogen) atoms. The second-order valence-corrected chi connectivity index (χ2v) is 4.60. The summed E-state index contributed by atoms with van der Waals surface area (Å²) in [4.78, 5) is 15.6. The predicted octanol–water partition coefficient (Wildman–Crippen LogP) is 2.00. The Labute approximate surface area is 116 Å². The third kappa shape index (κ3) is 2.36. The van der Waals surface area contributed by atoms with Crippen LogP contribution in [-0.4, -0.2) is 29.3 Å². The Morgan fingerprint density at radius 3 is 3.20 bits per heavy atom. The summed E-state index contributed by atoms with van der Waals surface area (Å²) in [6.45, 7) is 2.86. The number of hydrogen-bond donors (Lipinski definition) is 1. The fourth-order valence-corrected chi connectivity index (χ4v) is 2.37. The van der Waals surface area contributed by atoms with Crippen molar-refractivity contribution in [1.29, 1.82) is 0 Å². The van der Waals surface area contributed by atoms with Crippen LogP contribution in [0.1, 0.15) is 34.9 Å². The van der Waals surface area contributed by atoms with E-state index in [9.17, 15) is 4.79 Å². The highest BCUT2D eigenvalue weighted by atomic mass is 16.5. The molecule has 6 heteroatoms. The van der Waals surface area contributed by atoms with Crippen LogP contribution in [0.4, 0.5) is 5.69 Å². The maximum Gasteiger partial charge on any atom is 0.379 e. The smallest absolute Gasteiger partial charge is 0.379 e. The summed E-state index contributed by atoms with van der Waals surface area (Å²) in [6.07, 6.45) is 0.608. The lowest BCUT2D eigenvalue weighted by Gasteiger charge is -2.05. The summed E-state index contributed by atoms with van der Waals surface area (Å²) < 4.78 is 9.95. The fourth-order valence-electron chi connectivity index (χ4n) is 2.37. The van der Waals surface area contributed by atoms with Crippen LogP contribution in [0.25, 0.3) is 0 Å². The Hall–Kier alpha value is -2.37. The molecule has 0 spiro atoms. The van der Waals surface area contributed by atoms with Crippen molar-refractivity contribution >= 4 is 11.7 Å². The molecule has 0 amide bonds. The zero-order valence-corrected chi connectivity index (χ0v) is 11.1. The van der Waals surface area contributed by atoms with Gasteiger partial charge in [-0.2, -0.15) is 4.98 Å². The molecule has 0 aliphatic carbocycles. The Morgan fingerprint density at radius 2 is 2.35 bits per heavy atom. The van der Waals surface area contributed by atoms with Crippen molar-refractivity contribution in [1.82, 2.24) is 10.1 Å². The third-order valence-electron chi connectivity index (χ3n) is 3.29. The van der Waals surface area contributed by atoms with Gasteiger partial charge in [0.2, 0.25) is 5.89 Å². The minimum absolute atomic E-state index is 0.0129. The highest BCUT2D eigenvalue weighted by Crippen LogP contribution is 2.32. The second-order valence-electron chi connectivity index (χ2n) is 4.60. The lowest BCUT2D eigenvalue weighted by molar-refractivity contribution is 0.0508. The summed E-state index contributed by atoms with van der Waals surface area (Å²) in [5, 5.41) is 6.99. The molecule has 0 bridgehead atoms. The maximum absolute atomic E-state index is 11.5.